The van der Waals surface area contributed by atoms with Crippen LogP contribution in [0, 0.1) is 11.3 Å². The number of aryl methyl sites for hydroxylation is 1. The van der Waals surface area contributed by atoms with Gasteiger partial charge in [0.25, 0.3) is 0 Å². The normalized spacial score (nSPS) is 27.1. The first-order valence-electron chi connectivity index (χ1n) is 9.58. The maximum atomic E-state index is 12.9. The summed E-state index contributed by atoms with van der Waals surface area (Å²) in [5.74, 6) is 0.489. The van der Waals surface area contributed by atoms with Crippen LogP contribution in [0.1, 0.15) is 37.7 Å². The number of nitrogens with one attached hydrogen (secondary N) is 2. The third-order valence-electron chi connectivity index (χ3n) is 6.30. The van der Waals surface area contributed by atoms with E-state index in [0.717, 1.165) is 57.4 Å². The van der Waals surface area contributed by atoms with Crippen molar-refractivity contribution < 1.29 is 9.59 Å². The Bertz CT molecular complexity index is 681. The fourth-order valence-corrected chi connectivity index (χ4v) is 4.91. The van der Waals surface area contributed by atoms with E-state index in [-0.39, 0.29) is 36.2 Å². The van der Waals surface area contributed by atoms with Crippen LogP contribution in [-0.2, 0) is 16.0 Å². The Hall–Kier alpha value is -1.59. The molecule has 2 heterocycles. The summed E-state index contributed by atoms with van der Waals surface area (Å²) in [6, 6.07) is 8.08. The predicted octanol–water partition coefficient (Wildman–Crippen LogP) is 2.28. The standard InChI is InChI=1S/C20H27N3O2.ClH/c24-18(23-11-5-7-15-6-1-2-9-17(15)23)13-22-19(25)20-10-4-3-8-16(20)12-21-14-20;/h1-2,6,9,16,21H,3-5,7-8,10-14H2,(H,22,25);1H/t16-,20+;/m0./s1. The van der Waals surface area contributed by atoms with Gasteiger partial charge in [-0.3, -0.25) is 9.59 Å². The lowest BCUT2D eigenvalue weighted by Gasteiger charge is -2.37. The maximum Gasteiger partial charge on any atom is 0.246 e. The van der Waals surface area contributed by atoms with Crippen molar-refractivity contribution in [3.05, 3.63) is 29.8 Å². The third kappa shape index (κ3) is 3.35. The maximum absolute atomic E-state index is 12.9. The number of rotatable bonds is 3. The molecule has 1 saturated heterocycles. The zero-order chi connectivity index (χ0) is 17.3. The summed E-state index contributed by atoms with van der Waals surface area (Å²) in [7, 11) is 0. The van der Waals surface area contributed by atoms with Gasteiger partial charge >= 0.3 is 0 Å². The Morgan fingerprint density at radius 1 is 1.23 bits per heavy atom. The molecule has 2 amide bonds. The van der Waals surface area contributed by atoms with E-state index < -0.39 is 0 Å². The van der Waals surface area contributed by atoms with Gasteiger partial charge in [-0.15, -0.1) is 12.4 Å². The van der Waals surface area contributed by atoms with Crippen molar-refractivity contribution in [2.24, 2.45) is 11.3 Å². The van der Waals surface area contributed by atoms with Gasteiger partial charge in [0.05, 0.1) is 12.0 Å². The highest BCUT2D eigenvalue weighted by Crippen LogP contribution is 2.43. The molecule has 1 aliphatic carbocycles. The van der Waals surface area contributed by atoms with E-state index in [1.807, 2.05) is 23.1 Å². The number of nitrogens with zero attached hydrogens (tertiary/aromatic N) is 1. The van der Waals surface area contributed by atoms with Crippen LogP contribution in [-0.4, -0.2) is 38.0 Å². The first-order valence-corrected chi connectivity index (χ1v) is 9.58. The molecule has 3 aliphatic rings. The number of hydrogen-bond donors (Lipinski definition) is 2. The molecular formula is C20H28ClN3O2. The van der Waals surface area contributed by atoms with E-state index in [2.05, 4.69) is 16.7 Å². The molecule has 6 heteroatoms. The number of carbonyl (C=O) groups is 2. The van der Waals surface area contributed by atoms with E-state index in [1.165, 1.54) is 12.0 Å². The molecule has 0 radical (unpaired) electrons. The topological polar surface area (TPSA) is 61.4 Å². The second-order valence-corrected chi connectivity index (χ2v) is 7.69. The minimum absolute atomic E-state index is 0. The number of anilines is 1. The highest BCUT2D eigenvalue weighted by atomic mass is 35.5. The van der Waals surface area contributed by atoms with Gasteiger partial charge in [0, 0.05) is 18.8 Å². The zero-order valence-electron chi connectivity index (χ0n) is 15.1. The molecule has 142 valence electrons. The molecule has 1 aromatic carbocycles. The van der Waals surface area contributed by atoms with Crippen LogP contribution in [0.25, 0.3) is 0 Å². The first-order chi connectivity index (χ1) is 12.2. The van der Waals surface area contributed by atoms with E-state index >= 15 is 0 Å². The van der Waals surface area contributed by atoms with Crippen LogP contribution in [0.4, 0.5) is 5.69 Å². The number of hydrogen-bond acceptors (Lipinski definition) is 3. The van der Waals surface area contributed by atoms with Gasteiger partial charge in [0.2, 0.25) is 11.8 Å². The van der Waals surface area contributed by atoms with Crippen LogP contribution in [0.15, 0.2) is 24.3 Å². The minimum Gasteiger partial charge on any atom is -0.346 e. The van der Waals surface area contributed by atoms with Crippen molar-refractivity contribution in [1.29, 1.82) is 0 Å². The fourth-order valence-electron chi connectivity index (χ4n) is 4.91. The van der Waals surface area contributed by atoms with Gasteiger partial charge in [0.1, 0.15) is 0 Å². The summed E-state index contributed by atoms with van der Waals surface area (Å²) in [6.45, 7) is 2.52. The predicted molar refractivity (Wildman–Crippen MR) is 105 cm³/mol. The number of para-hydroxylation sites is 1. The van der Waals surface area contributed by atoms with Gasteiger partial charge in [-0.1, -0.05) is 31.0 Å². The Morgan fingerprint density at radius 3 is 2.96 bits per heavy atom. The molecule has 1 saturated carbocycles. The molecule has 4 rings (SSSR count). The molecule has 0 spiro atoms. The molecule has 2 aliphatic heterocycles. The highest BCUT2D eigenvalue weighted by molar-refractivity contribution is 5.98. The monoisotopic (exact) mass is 377 g/mol. The van der Waals surface area contributed by atoms with Crippen LogP contribution in [0.5, 0.6) is 0 Å². The zero-order valence-corrected chi connectivity index (χ0v) is 15.9. The summed E-state index contributed by atoms with van der Waals surface area (Å²) < 4.78 is 0. The lowest BCUT2D eigenvalue weighted by atomic mass is 9.67. The van der Waals surface area contributed by atoms with E-state index in [9.17, 15) is 9.59 Å². The van der Waals surface area contributed by atoms with Crippen molar-refractivity contribution in [3.8, 4) is 0 Å². The summed E-state index contributed by atoms with van der Waals surface area (Å²) >= 11 is 0. The van der Waals surface area contributed by atoms with Crippen molar-refractivity contribution in [2.45, 2.75) is 38.5 Å². The Labute approximate surface area is 161 Å². The average molecular weight is 378 g/mol. The molecule has 26 heavy (non-hydrogen) atoms. The minimum atomic E-state index is -0.293. The largest absolute Gasteiger partial charge is 0.346 e. The van der Waals surface area contributed by atoms with Gasteiger partial charge in [-0.25, -0.2) is 0 Å². The second kappa shape index (κ2) is 7.97. The van der Waals surface area contributed by atoms with Gasteiger partial charge < -0.3 is 15.5 Å². The van der Waals surface area contributed by atoms with Crippen LogP contribution in [0.3, 0.4) is 0 Å². The number of carbonyl (C=O) groups excluding carboxylic acids is 2. The number of amides is 2. The number of benzene rings is 1. The van der Waals surface area contributed by atoms with Crippen molar-refractivity contribution in [2.75, 3.05) is 31.1 Å². The van der Waals surface area contributed by atoms with Gasteiger partial charge in [-0.2, -0.15) is 0 Å². The Kier molecular flexibility index (Phi) is 5.88. The third-order valence-corrected chi connectivity index (χ3v) is 6.30. The molecular weight excluding hydrogens is 350 g/mol. The molecule has 0 unspecified atom stereocenters. The molecule has 5 nitrogen and oxygen atoms in total. The first kappa shape index (κ1) is 19.2. The van der Waals surface area contributed by atoms with E-state index in [0.29, 0.717) is 5.92 Å². The van der Waals surface area contributed by atoms with Crippen molar-refractivity contribution in [3.63, 3.8) is 0 Å². The van der Waals surface area contributed by atoms with Crippen molar-refractivity contribution >= 4 is 29.9 Å². The number of fused-ring (bicyclic) bond motifs is 2. The smallest absolute Gasteiger partial charge is 0.246 e. The van der Waals surface area contributed by atoms with Gasteiger partial charge in [-0.05, 0) is 49.8 Å². The molecule has 2 fully saturated rings. The van der Waals surface area contributed by atoms with Crippen molar-refractivity contribution in [1.82, 2.24) is 10.6 Å². The molecule has 2 N–H and O–H groups in total. The Morgan fingerprint density at radius 2 is 2.08 bits per heavy atom. The summed E-state index contributed by atoms with van der Waals surface area (Å²) in [6.07, 6.45) is 6.38. The fraction of sp³-hybridized carbons (Fsp3) is 0.600. The molecule has 1 aromatic rings. The van der Waals surface area contributed by atoms with Crippen LogP contribution < -0.4 is 15.5 Å². The highest BCUT2D eigenvalue weighted by Gasteiger charge is 2.49. The number of halogens is 1. The lowest BCUT2D eigenvalue weighted by molar-refractivity contribution is -0.135. The molecule has 0 aromatic heterocycles. The average Bonchev–Trinajstić information content (AvgIpc) is 3.10. The van der Waals surface area contributed by atoms with Crippen LogP contribution >= 0.6 is 12.4 Å². The summed E-state index contributed by atoms with van der Waals surface area (Å²) in [5, 5.41) is 6.37. The van der Waals surface area contributed by atoms with Crippen LogP contribution in [0.2, 0.25) is 0 Å². The Balaban J connectivity index is 0.00000196. The van der Waals surface area contributed by atoms with Gasteiger partial charge in [0.15, 0.2) is 0 Å². The quantitative estimate of drug-likeness (QED) is 0.849. The van der Waals surface area contributed by atoms with E-state index in [4.69, 9.17) is 0 Å². The van der Waals surface area contributed by atoms with E-state index in [1.54, 1.807) is 0 Å². The summed E-state index contributed by atoms with van der Waals surface area (Å²) in [4.78, 5) is 27.5. The summed E-state index contributed by atoms with van der Waals surface area (Å²) in [5.41, 5.74) is 1.93. The SMILES string of the molecule is Cl.O=C(CNC(=O)[C@@]12CCCC[C@H]1CNC2)N1CCCc2ccccc21. The molecule has 0 bridgehead atoms. The second-order valence-electron chi connectivity index (χ2n) is 7.69. The lowest BCUT2D eigenvalue weighted by Crippen LogP contribution is -2.51. The molecule has 2 atom stereocenters.